The number of halogens is 2. The number of aryl methyl sites for hydroxylation is 1. The predicted octanol–water partition coefficient (Wildman–Crippen LogP) is 1.84. The van der Waals surface area contributed by atoms with E-state index in [0.717, 1.165) is 6.20 Å². The zero-order valence-electron chi connectivity index (χ0n) is 8.76. The van der Waals surface area contributed by atoms with Crippen LogP contribution in [0.4, 0.5) is 8.78 Å². The van der Waals surface area contributed by atoms with Crippen LogP contribution in [0.15, 0.2) is 12.3 Å². The molecule has 0 amide bonds. The highest BCUT2D eigenvalue weighted by Crippen LogP contribution is 2.32. The molecule has 0 radical (unpaired) electrons. The summed E-state index contributed by atoms with van der Waals surface area (Å²) in [6, 6.07) is 1.38. The van der Waals surface area contributed by atoms with Crippen LogP contribution in [0.2, 0.25) is 0 Å². The van der Waals surface area contributed by atoms with Crippen molar-refractivity contribution in [2.24, 2.45) is 5.73 Å². The maximum Gasteiger partial charge on any atom is 0.275 e. The van der Waals surface area contributed by atoms with E-state index in [4.69, 9.17) is 10.5 Å². The molecule has 1 rings (SSSR count). The minimum absolute atomic E-state index is 0.0575. The lowest BCUT2D eigenvalue weighted by molar-refractivity contribution is -0.0111. The highest BCUT2D eigenvalue weighted by molar-refractivity contribution is 5.30. The molecule has 0 saturated carbocycles. The van der Waals surface area contributed by atoms with Crippen LogP contribution in [-0.2, 0) is 5.92 Å². The third-order valence-corrected chi connectivity index (χ3v) is 2.10. The fourth-order valence-electron chi connectivity index (χ4n) is 1.30. The van der Waals surface area contributed by atoms with Gasteiger partial charge in [-0.2, -0.15) is 0 Å². The van der Waals surface area contributed by atoms with E-state index in [1.807, 2.05) is 0 Å². The van der Waals surface area contributed by atoms with Crippen LogP contribution in [-0.4, -0.2) is 18.6 Å². The normalized spacial score (nSPS) is 11.5. The molecule has 2 N–H and O–H groups in total. The van der Waals surface area contributed by atoms with E-state index in [0.29, 0.717) is 11.4 Å². The van der Waals surface area contributed by atoms with Crippen molar-refractivity contribution in [3.8, 4) is 5.88 Å². The van der Waals surface area contributed by atoms with Gasteiger partial charge in [-0.1, -0.05) is 0 Å². The van der Waals surface area contributed by atoms with Crippen LogP contribution in [0.25, 0.3) is 0 Å². The third kappa shape index (κ3) is 2.62. The Labute approximate surface area is 87.3 Å². The molecule has 0 spiro atoms. The second-order valence-electron chi connectivity index (χ2n) is 3.29. The van der Waals surface area contributed by atoms with Gasteiger partial charge in [0.1, 0.15) is 0 Å². The fourth-order valence-corrected chi connectivity index (χ4v) is 1.30. The molecule has 1 aromatic heterocycles. The van der Waals surface area contributed by atoms with Gasteiger partial charge < -0.3 is 10.5 Å². The van der Waals surface area contributed by atoms with E-state index in [9.17, 15) is 8.78 Å². The first-order valence-corrected chi connectivity index (χ1v) is 4.60. The Morgan fingerprint density at radius 2 is 2.20 bits per heavy atom. The molecule has 5 heteroatoms. The second kappa shape index (κ2) is 4.53. The standard InChI is InChI=1S/C10H14F2N2O/c1-7-5-8(6-14-9(7)15-2)10(11,12)3-4-13/h5-6H,3-4,13H2,1-2H3. The van der Waals surface area contributed by atoms with Gasteiger partial charge in [0.15, 0.2) is 0 Å². The molecule has 1 heterocycles. The van der Waals surface area contributed by atoms with Gasteiger partial charge in [-0.25, -0.2) is 13.8 Å². The molecule has 0 saturated heterocycles. The lowest BCUT2D eigenvalue weighted by atomic mass is 10.1. The highest BCUT2D eigenvalue weighted by atomic mass is 19.3. The average molecular weight is 216 g/mol. The molecule has 0 atom stereocenters. The first-order chi connectivity index (χ1) is 7.01. The number of rotatable bonds is 4. The Kier molecular flexibility index (Phi) is 3.57. The van der Waals surface area contributed by atoms with Crippen molar-refractivity contribution < 1.29 is 13.5 Å². The molecule has 0 fully saturated rings. The number of aromatic nitrogens is 1. The van der Waals surface area contributed by atoms with Gasteiger partial charge in [0.25, 0.3) is 5.92 Å². The Morgan fingerprint density at radius 3 is 2.67 bits per heavy atom. The van der Waals surface area contributed by atoms with E-state index >= 15 is 0 Å². The van der Waals surface area contributed by atoms with Crippen LogP contribution >= 0.6 is 0 Å². The van der Waals surface area contributed by atoms with Gasteiger partial charge in [-0.3, -0.25) is 0 Å². The number of ether oxygens (including phenoxy) is 1. The summed E-state index contributed by atoms with van der Waals surface area (Å²) in [5.74, 6) is -2.55. The molecule has 84 valence electrons. The Balaban J connectivity index is 3.01. The Bertz CT molecular complexity index is 342. The van der Waals surface area contributed by atoms with Crippen LogP contribution in [0.1, 0.15) is 17.5 Å². The molecule has 0 aliphatic carbocycles. The van der Waals surface area contributed by atoms with Gasteiger partial charge in [0.05, 0.1) is 7.11 Å². The number of methoxy groups -OCH3 is 1. The predicted molar refractivity (Wildman–Crippen MR) is 53.1 cm³/mol. The zero-order valence-corrected chi connectivity index (χ0v) is 8.76. The SMILES string of the molecule is COc1ncc(C(F)(F)CCN)cc1C. The summed E-state index contributed by atoms with van der Waals surface area (Å²) in [5, 5.41) is 0. The molecule has 15 heavy (non-hydrogen) atoms. The molecule has 3 nitrogen and oxygen atoms in total. The fraction of sp³-hybridized carbons (Fsp3) is 0.500. The van der Waals surface area contributed by atoms with Gasteiger partial charge >= 0.3 is 0 Å². The van der Waals surface area contributed by atoms with Crippen LogP contribution in [0.3, 0.4) is 0 Å². The van der Waals surface area contributed by atoms with Crippen molar-refractivity contribution in [2.45, 2.75) is 19.3 Å². The number of hydrogen-bond acceptors (Lipinski definition) is 3. The van der Waals surface area contributed by atoms with Crippen molar-refractivity contribution in [1.29, 1.82) is 0 Å². The minimum Gasteiger partial charge on any atom is -0.481 e. The molecule has 0 bridgehead atoms. The van der Waals surface area contributed by atoms with E-state index in [1.165, 1.54) is 13.2 Å². The smallest absolute Gasteiger partial charge is 0.275 e. The number of pyridine rings is 1. The summed E-state index contributed by atoms with van der Waals surface area (Å²) in [6.07, 6.45) is 0.752. The third-order valence-electron chi connectivity index (χ3n) is 2.10. The molecular formula is C10H14F2N2O. The van der Waals surface area contributed by atoms with Crippen molar-refractivity contribution in [2.75, 3.05) is 13.7 Å². The lowest BCUT2D eigenvalue weighted by Crippen LogP contribution is -2.19. The maximum atomic E-state index is 13.4. The second-order valence-corrected chi connectivity index (χ2v) is 3.29. The molecule has 0 unspecified atom stereocenters. The quantitative estimate of drug-likeness (QED) is 0.835. The van der Waals surface area contributed by atoms with Crippen molar-refractivity contribution in [3.05, 3.63) is 23.4 Å². The number of nitrogens with zero attached hydrogens (tertiary/aromatic N) is 1. The first kappa shape index (κ1) is 11.8. The molecule has 0 aliphatic rings. The summed E-state index contributed by atoms with van der Waals surface area (Å²) in [5.41, 5.74) is 5.59. The van der Waals surface area contributed by atoms with Gasteiger partial charge in [-0.15, -0.1) is 0 Å². The molecule has 1 aromatic rings. The molecule has 0 aliphatic heterocycles. The zero-order chi connectivity index (χ0) is 11.5. The minimum atomic E-state index is -2.92. The maximum absolute atomic E-state index is 13.4. The number of alkyl halides is 2. The Hall–Kier alpha value is -1.23. The first-order valence-electron chi connectivity index (χ1n) is 4.60. The van der Waals surface area contributed by atoms with Crippen molar-refractivity contribution >= 4 is 0 Å². The van der Waals surface area contributed by atoms with E-state index in [1.54, 1.807) is 6.92 Å². The van der Waals surface area contributed by atoms with Crippen LogP contribution < -0.4 is 10.5 Å². The van der Waals surface area contributed by atoms with E-state index in [-0.39, 0.29) is 18.5 Å². The largest absolute Gasteiger partial charge is 0.481 e. The molecule has 0 aromatic carbocycles. The van der Waals surface area contributed by atoms with E-state index in [2.05, 4.69) is 4.98 Å². The Morgan fingerprint density at radius 1 is 1.53 bits per heavy atom. The van der Waals surface area contributed by atoms with Crippen molar-refractivity contribution in [3.63, 3.8) is 0 Å². The number of nitrogens with two attached hydrogens (primary N) is 1. The summed E-state index contributed by atoms with van der Waals surface area (Å²) < 4.78 is 31.7. The van der Waals surface area contributed by atoms with Gasteiger partial charge in [-0.05, 0) is 19.5 Å². The summed E-state index contributed by atoms with van der Waals surface area (Å²) in [4.78, 5) is 3.80. The van der Waals surface area contributed by atoms with Crippen molar-refractivity contribution in [1.82, 2.24) is 4.98 Å². The topological polar surface area (TPSA) is 48.1 Å². The average Bonchev–Trinajstić information content (AvgIpc) is 2.17. The van der Waals surface area contributed by atoms with Gasteiger partial charge in [0.2, 0.25) is 5.88 Å². The number of hydrogen-bond donors (Lipinski definition) is 1. The molecular weight excluding hydrogens is 202 g/mol. The van der Waals surface area contributed by atoms with Crippen LogP contribution in [0.5, 0.6) is 5.88 Å². The highest BCUT2D eigenvalue weighted by Gasteiger charge is 2.31. The van der Waals surface area contributed by atoms with Gasteiger partial charge in [0, 0.05) is 23.7 Å². The van der Waals surface area contributed by atoms with E-state index < -0.39 is 5.92 Å². The lowest BCUT2D eigenvalue weighted by Gasteiger charge is -2.16. The monoisotopic (exact) mass is 216 g/mol. The van der Waals surface area contributed by atoms with Crippen LogP contribution in [0, 0.1) is 6.92 Å². The summed E-state index contributed by atoms with van der Waals surface area (Å²) in [6.45, 7) is 1.62. The summed E-state index contributed by atoms with van der Waals surface area (Å²) in [7, 11) is 1.45. The summed E-state index contributed by atoms with van der Waals surface area (Å²) >= 11 is 0.